The van der Waals surface area contributed by atoms with Gasteiger partial charge in [0.2, 0.25) is 0 Å². The minimum absolute atomic E-state index is 0.0870. The number of carbonyl (C=O) groups excluding carboxylic acids is 1. The summed E-state index contributed by atoms with van der Waals surface area (Å²) in [5.74, 6) is -1.78. The molecule has 0 aliphatic heterocycles. The number of halogens is 3. The average Bonchev–Trinajstić information content (AvgIpc) is 2.34. The van der Waals surface area contributed by atoms with Crippen LogP contribution in [-0.4, -0.2) is 23.3 Å². The normalized spacial score (nSPS) is 13.7. The number of hydrogen-bond donors (Lipinski definition) is 3. The predicted molar refractivity (Wildman–Crippen MR) is 73.9 cm³/mol. The van der Waals surface area contributed by atoms with Crippen LogP contribution in [-0.2, 0) is 0 Å². The van der Waals surface area contributed by atoms with Crippen LogP contribution in [0, 0.1) is 11.6 Å². The number of aliphatic hydroxyl groups is 1. The molecular weight excluding hydrogens is 290 g/mol. The first-order chi connectivity index (χ1) is 9.31. The summed E-state index contributed by atoms with van der Waals surface area (Å²) >= 11 is 5.68. The molecule has 0 saturated heterocycles. The molecule has 3 N–H and O–H groups in total. The molecule has 20 heavy (non-hydrogen) atoms. The molecule has 112 valence electrons. The number of urea groups is 1. The molecule has 1 aromatic carbocycles. The molecule has 0 aromatic heterocycles. The first-order valence-electron chi connectivity index (χ1n) is 6.16. The van der Waals surface area contributed by atoms with Crippen LogP contribution in [0.15, 0.2) is 12.1 Å². The second-order valence-corrected chi connectivity index (χ2v) is 5.12. The van der Waals surface area contributed by atoms with Crippen molar-refractivity contribution < 1.29 is 18.7 Å². The first kappa shape index (κ1) is 16.7. The van der Waals surface area contributed by atoms with Crippen molar-refractivity contribution in [1.29, 1.82) is 0 Å². The van der Waals surface area contributed by atoms with Crippen molar-refractivity contribution in [3.8, 4) is 0 Å². The summed E-state index contributed by atoms with van der Waals surface area (Å²) in [7, 11) is 0. The van der Waals surface area contributed by atoms with E-state index < -0.39 is 23.2 Å². The van der Waals surface area contributed by atoms with E-state index in [2.05, 4.69) is 10.6 Å². The van der Waals surface area contributed by atoms with Gasteiger partial charge >= 0.3 is 6.03 Å². The summed E-state index contributed by atoms with van der Waals surface area (Å²) in [6, 6.07) is 0.872. The third-order valence-corrected chi connectivity index (χ3v) is 3.40. The molecule has 0 bridgehead atoms. The zero-order valence-electron chi connectivity index (χ0n) is 11.3. The SMILES string of the molecule is CCC(C)(CCO)NC(=O)Nc1c(F)cc(F)cc1Cl. The third kappa shape index (κ3) is 4.31. The van der Waals surface area contributed by atoms with Crippen molar-refractivity contribution in [2.45, 2.75) is 32.2 Å². The number of aliphatic hydroxyl groups excluding tert-OH is 1. The van der Waals surface area contributed by atoms with E-state index >= 15 is 0 Å². The lowest BCUT2D eigenvalue weighted by Gasteiger charge is -2.29. The van der Waals surface area contributed by atoms with Gasteiger partial charge in [0.15, 0.2) is 5.82 Å². The lowest BCUT2D eigenvalue weighted by molar-refractivity contribution is 0.208. The zero-order chi connectivity index (χ0) is 15.3. The van der Waals surface area contributed by atoms with Gasteiger partial charge in [-0.15, -0.1) is 0 Å². The maximum Gasteiger partial charge on any atom is 0.319 e. The van der Waals surface area contributed by atoms with E-state index in [0.717, 1.165) is 6.07 Å². The van der Waals surface area contributed by atoms with Gasteiger partial charge in [-0.05, 0) is 25.8 Å². The molecule has 4 nitrogen and oxygen atoms in total. The smallest absolute Gasteiger partial charge is 0.319 e. The van der Waals surface area contributed by atoms with Gasteiger partial charge in [0.25, 0.3) is 0 Å². The minimum atomic E-state index is -0.953. The van der Waals surface area contributed by atoms with Crippen LogP contribution in [0.1, 0.15) is 26.7 Å². The Morgan fingerprint density at radius 2 is 2.10 bits per heavy atom. The molecule has 2 amide bonds. The van der Waals surface area contributed by atoms with Crippen LogP contribution in [0.4, 0.5) is 19.3 Å². The van der Waals surface area contributed by atoms with Crippen molar-refractivity contribution in [2.75, 3.05) is 11.9 Å². The molecule has 1 rings (SSSR count). The Bertz CT molecular complexity index is 476. The van der Waals surface area contributed by atoms with E-state index in [9.17, 15) is 13.6 Å². The highest BCUT2D eigenvalue weighted by Crippen LogP contribution is 2.26. The fraction of sp³-hybridized carbons (Fsp3) is 0.462. The highest BCUT2D eigenvalue weighted by atomic mass is 35.5. The Morgan fingerprint density at radius 3 is 2.60 bits per heavy atom. The molecule has 0 radical (unpaired) electrons. The number of hydrogen-bond acceptors (Lipinski definition) is 2. The van der Waals surface area contributed by atoms with Crippen molar-refractivity contribution in [3.63, 3.8) is 0 Å². The summed E-state index contributed by atoms with van der Waals surface area (Å²) in [6.07, 6.45) is 0.942. The Balaban J connectivity index is 2.81. The molecule has 1 atom stereocenters. The van der Waals surface area contributed by atoms with Crippen LogP contribution in [0.25, 0.3) is 0 Å². The maximum absolute atomic E-state index is 13.5. The van der Waals surface area contributed by atoms with Crippen LogP contribution < -0.4 is 10.6 Å². The van der Waals surface area contributed by atoms with E-state index in [1.165, 1.54) is 0 Å². The van der Waals surface area contributed by atoms with Crippen molar-refractivity contribution >= 4 is 23.3 Å². The van der Waals surface area contributed by atoms with Gasteiger partial charge in [-0.2, -0.15) is 0 Å². The number of rotatable bonds is 5. The van der Waals surface area contributed by atoms with E-state index in [1.807, 2.05) is 6.92 Å². The number of amides is 2. The predicted octanol–water partition coefficient (Wildman–Crippen LogP) is 3.29. The van der Waals surface area contributed by atoms with Crippen molar-refractivity contribution in [2.24, 2.45) is 0 Å². The van der Waals surface area contributed by atoms with Gasteiger partial charge < -0.3 is 15.7 Å². The van der Waals surface area contributed by atoms with Gasteiger partial charge in [-0.3, -0.25) is 0 Å². The minimum Gasteiger partial charge on any atom is -0.396 e. The van der Waals surface area contributed by atoms with Crippen LogP contribution >= 0.6 is 11.6 Å². The lowest BCUT2D eigenvalue weighted by atomic mass is 9.95. The van der Waals surface area contributed by atoms with E-state index in [4.69, 9.17) is 16.7 Å². The van der Waals surface area contributed by atoms with Crippen molar-refractivity contribution in [1.82, 2.24) is 5.32 Å². The molecule has 1 unspecified atom stereocenters. The van der Waals surface area contributed by atoms with Gasteiger partial charge in [0.05, 0.1) is 10.7 Å². The molecule has 0 aliphatic carbocycles. The topological polar surface area (TPSA) is 61.4 Å². The van der Waals surface area contributed by atoms with Crippen LogP contribution in [0.5, 0.6) is 0 Å². The second-order valence-electron chi connectivity index (χ2n) is 4.71. The summed E-state index contributed by atoms with van der Waals surface area (Å²) < 4.78 is 26.4. The quantitative estimate of drug-likeness (QED) is 0.781. The maximum atomic E-state index is 13.5. The summed E-state index contributed by atoms with van der Waals surface area (Å²) in [4.78, 5) is 11.8. The monoisotopic (exact) mass is 306 g/mol. The Morgan fingerprint density at radius 1 is 1.45 bits per heavy atom. The highest BCUT2D eigenvalue weighted by Gasteiger charge is 2.24. The fourth-order valence-corrected chi connectivity index (χ4v) is 1.90. The Kier molecular flexibility index (Phi) is 5.71. The zero-order valence-corrected chi connectivity index (χ0v) is 12.0. The number of anilines is 1. The van der Waals surface area contributed by atoms with E-state index in [0.29, 0.717) is 18.9 Å². The summed E-state index contributed by atoms with van der Waals surface area (Å²) in [5.41, 5.74) is -0.907. The standard InChI is InChI=1S/C13H17ClF2N2O2/c1-3-13(2,4-5-19)18-12(20)17-11-9(14)6-8(15)7-10(11)16/h6-7,19H,3-5H2,1-2H3,(H2,17,18,20). The molecule has 1 aromatic rings. The Hall–Kier alpha value is -1.40. The fourth-order valence-electron chi connectivity index (χ4n) is 1.65. The molecule has 0 spiro atoms. The van der Waals surface area contributed by atoms with Crippen LogP contribution in [0.3, 0.4) is 0 Å². The van der Waals surface area contributed by atoms with E-state index in [1.54, 1.807) is 6.92 Å². The number of nitrogens with one attached hydrogen (secondary N) is 2. The van der Waals surface area contributed by atoms with Gasteiger partial charge in [0, 0.05) is 18.2 Å². The molecule has 0 saturated carbocycles. The first-order valence-corrected chi connectivity index (χ1v) is 6.53. The molecular formula is C13H17ClF2N2O2. The molecule has 0 aliphatic rings. The molecule has 7 heteroatoms. The number of carbonyl (C=O) groups is 1. The summed E-state index contributed by atoms with van der Waals surface area (Å²) in [6.45, 7) is 3.52. The molecule has 0 fully saturated rings. The summed E-state index contributed by atoms with van der Waals surface area (Å²) in [5, 5.41) is 13.6. The van der Waals surface area contributed by atoms with E-state index in [-0.39, 0.29) is 17.3 Å². The Labute approximate surface area is 121 Å². The average molecular weight is 307 g/mol. The van der Waals surface area contributed by atoms with Gasteiger partial charge in [0.1, 0.15) is 5.82 Å². The van der Waals surface area contributed by atoms with Gasteiger partial charge in [-0.25, -0.2) is 13.6 Å². The molecule has 0 heterocycles. The van der Waals surface area contributed by atoms with Crippen LogP contribution in [0.2, 0.25) is 5.02 Å². The second kappa shape index (κ2) is 6.85. The highest BCUT2D eigenvalue weighted by molar-refractivity contribution is 6.33. The lowest BCUT2D eigenvalue weighted by Crippen LogP contribution is -2.48. The van der Waals surface area contributed by atoms with Crippen molar-refractivity contribution in [3.05, 3.63) is 28.8 Å². The number of benzene rings is 1. The van der Waals surface area contributed by atoms with Gasteiger partial charge in [-0.1, -0.05) is 18.5 Å². The largest absolute Gasteiger partial charge is 0.396 e. The third-order valence-electron chi connectivity index (χ3n) is 3.10.